The van der Waals surface area contributed by atoms with Gasteiger partial charge in [-0.2, -0.15) is 0 Å². The lowest BCUT2D eigenvalue weighted by atomic mass is 10.0. The van der Waals surface area contributed by atoms with Gasteiger partial charge < -0.3 is 15.5 Å². The van der Waals surface area contributed by atoms with E-state index in [-0.39, 0.29) is 29.9 Å². The van der Waals surface area contributed by atoms with Crippen LogP contribution >= 0.6 is 0 Å². The number of likely N-dealkylation sites (tertiary alicyclic amines) is 2. The van der Waals surface area contributed by atoms with E-state index in [9.17, 15) is 9.59 Å². The van der Waals surface area contributed by atoms with Crippen molar-refractivity contribution in [3.63, 3.8) is 0 Å². The lowest BCUT2D eigenvalue weighted by Gasteiger charge is -2.39. The van der Waals surface area contributed by atoms with Crippen LogP contribution in [0.1, 0.15) is 37.7 Å². The smallest absolute Gasteiger partial charge is 0.239 e. The summed E-state index contributed by atoms with van der Waals surface area (Å²) >= 11 is 0. The highest BCUT2D eigenvalue weighted by molar-refractivity contribution is 5.83. The molecule has 0 saturated carbocycles. The van der Waals surface area contributed by atoms with Gasteiger partial charge in [-0.05, 0) is 58.4 Å². The largest absolute Gasteiger partial charge is 0.353 e. The summed E-state index contributed by atoms with van der Waals surface area (Å²) in [7, 11) is 4.32. The molecule has 3 aliphatic rings. The van der Waals surface area contributed by atoms with Crippen molar-refractivity contribution in [1.82, 2.24) is 25.3 Å². The number of benzene rings is 1. The summed E-state index contributed by atoms with van der Waals surface area (Å²) in [5, 5.41) is 6.21. The van der Waals surface area contributed by atoms with E-state index in [1.165, 1.54) is 0 Å². The molecule has 0 spiro atoms. The number of rotatable bonds is 6. The number of nitrogens with zero attached hydrogens (tertiary/aromatic N) is 3. The van der Waals surface area contributed by atoms with Crippen LogP contribution in [-0.2, 0) is 16.1 Å². The molecule has 3 atom stereocenters. The summed E-state index contributed by atoms with van der Waals surface area (Å²) in [4.78, 5) is 32.7. The average Bonchev–Trinajstić information content (AvgIpc) is 3.19. The van der Waals surface area contributed by atoms with Crippen LogP contribution in [-0.4, -0.2) is 91.0 Å². The fourth-order valence-corrected chi connectivity index (χ4v) is 5.51. The van der Waals surface area contributed by atoms with E-state index in [0.717, 1.165) is 50.9 Å². The molecular weight excluding hydrogens is 390 g/mol. The Labute approximate surface area is 186 Å². The Morgan fingerprint density at radius 3 is 2.58 bits per heavy atom. The number of hydrogen-bond donors (Lipinski definition) is 2. The number of amides is 2. The lowest BCUT2D eigenvalue weighted by molar-refractivity contribution is -0.127. The third-order valence-corrected chi connectivity index (χ3v) is 7.48. The van der Waals surface area contributed by atoms with Gasteiger partial charge in [0, 0.05) is 44.2 Å². The molecule has 0 aromatic heterocycles. The molecule has 0 aliphatic carbocycles. The Morgan fingerprint density at radius 2 is 1.84 bits per heavy atom. The molecule has 3 heterocycles. The molecule has 0 radical (unpaired) electrons. The van der Waals surface area contributed by atoms with Crippen molar-refractivity contribution >= 4 is 11.8 Å². The Morgan fingerprint density at radius 1 is 1.10 bits per heavy atom. The third kappa shape index (κ3) is 5.27. The summed E-state index contributed by atoms with van der Waals surface area (Å²) < 4.78 is 0. The second-order valence-electron chi connectivity index (χ2n) is 9.44. The van der Waals surface area contributed by atoms with Crippen molar-refractivity contribution in [3.05, 3.63) is 35.9 Å². The van der Waals surface area contributed by atoms with E-state index in [4.69, 9.17) is 0 Å². The minimum absolute atomic E-state index is 0.0599. The molecule has 7 heteroatoms. The molecule has 0 bridgehead atoms. The van der Waals surface area contributed by atoms with Crippen LogP contribution in [0.5, 0.6) is 0 Å². The van der Waals surface area contributed by atoms with Crippen molar-refractivity contribution in [2.45, 2.75) is 62.8 Å². The first-order valence-corrected chi connectivity index (χ1v) is 11.8. The zero-order valence-corrected chi connectivity index (χ0v) is 18.9. The minimum atomic E-state index is -0.0599. The maximum absolute atomic E-state index is 13.0. The van der Waals surface area contributed by atoms with Gasteiger partial charge in [0.25, 0.3) is 0 Å². The Bertz CT molecular complexity index is 750. The van der Waals surface area contributed by atoms with Gasteiger partial charge in [0.1, 0.15) is 6.04 Å². The predicted octanol–water partition coefficient (Wildman–Crippen LogP) is 1.05. The first kappa shape index (κ1) is 22.2. The van der Waals surface area contributed by atoms with Gasteiger partial charge in [0.2, 0.25) is 11.8 Å². The third-order valence-electron chi connectivity index (χ3n) is 7.48. The van der Waals surface area contributed by atoms with Gasteiger partial charge in [-0.3, -0.25) is 19.4 Å². The van der Waals surface area contributed by atoms with Crippen molar-refractivity contribution < 1.29 is 9.59 Å². The maximum Gasteiger partial charge on any atom is 0.239 e. The van der Waals surface area contributed by atoms with Crippen LogP contribution < -0.4 is 10.6 Å². The second kappa shape index (κ2) is 10.1. The Kier molecular flexibility index (Phi) is 7.25. The van der Waals surface area contributed by atoms with Gasteiger partial charge in [-0.15, -0.1) is 0 Å². The van der Waals surface area contributed by atoms with Gasteiger partial charge in [0.05, 0.1) is 0 Å². The molecular formula is C24H37N5O2. The zero-order valence-electron chi connectivity index (χ0n) is 18.9. The molecule has 4 rings (SSSR count). The van der Waals surface area contributed by atoms with Crippen molar-refractivity contribution in [3.8, 4) is 0 Å². The zero-order chi connectivity index (χ0) is 21.8. The molecule has 31 heavy (non-hydrogen) atoms. The number of likely N-dealkylation sites (N-methyl/N-ethyl adjacent to an activating group) is 1. The molecule has 1 aromatic rings. The molecule has 7 nitrogen and oxygen atoms in total. The van der Waals surface area contributed by atoms with Gasteiger partial charge in [0.15, 0.2) is 0 Å². The fourth-order valence-electron chi connectivity index (χ4n) is 5.51. The molecule has 1 aromatic carbocycles. The SMILES string of the molecule is CN1CCC(N2CC[C@@H]3[C@H]2C(=O)NC[C@H](CCC(=O)NCc2ccccc2)N3C)CC1. The monoisotopic (exact) mass is 427 g/mol. The van der Waals surface area contributed by atoms with Crippen LogP contribution in [0.3, 0.4) is 0 Å². The van der Waals surface area contributed by atoms with Crippen LogP contribution in [0.2, 0.25) is 0 Å². The Balaban J connectivity index is 1.31. The molecule has 2 N–H and O–H groups in total. The van der Waals surface area contributed by atoms with Gasteiger partial charge >= 0.3 is 0 Å². The topological polar surface area (TPSA) is 67.9 Å². The molecule has 2 amide bonds. The van der Waals surface area contributed by atoms with Crippen LogP contribution in [0.4, 0.5) is 0 Å². The minimum Gasteiger partial charge on any atom is -0.353 e. The molecule has 170 valence electrons. The molecule has 3 fully saturated rings. The molecule has 3 saturated heterocycles. The normalized spacial score (nSPS) is 28.7. The number of piperidine rings is 1. The van der Waals surface area contributed by atoms with E-state index in [0.29, 0.717) is 25.6 Å². The Hall–Kier alpha value is -1.96. The van der Waals surface area contributed by atoms with E-state index in [1.54, 1.807) is 0 Å². The molecule has 3 aliphatic heterocycles. The van der Waals surface area contributed by atoms with E-state index in [2.05, 4.69) is 39.4 Å². The summed E-state index contributed by atoms with van der Waals surface area (Å²) in [5.41, 5.74) is 1.11. The number of carbonyl (C=O) groups is 2. The fraction of sp³-hybridized carbons (Fsp3) is 0.667. The summed E-state index contributed by atoms with van der Waals surface area (Å²) in [6, 6.07) is 10.9. The van der Waals surface area contributed by atoms with E-state index >= 15 is 0 Å². The highest BCUT2D eigenvalue weighted by Crippen LogP contribution is 2.31. The van der Waals surface area contributed by atoms with E-state index in [1.807, 2.05) is 30.3 Å². The summed E-state index contributed by atoms with van der Waals surface area (Å²) in [6.07, 6.45) is 4.55. The van der Waals surface area contributed by atoms with Crippen LogP contribution in [0.25, 0.3) is 0 Å². The number of fused-ring (bicyclic) bond motifs is 1. The van der Waals surface area contributed by atoms with Crippen molar-refractivity contribution in [2.75, 3.05) is 40.3 Å². The maximum atomic E-state index is 13.0. The highest BCUT2D eigenvalue weighted by atomic mass is 16.2. The summed E-state index contributed by atoms with van der Waals surface area (Å²) in [6.45, 7) is 4.39. The van der Waals surface area contributed by atoms with Gasteiger partial charge in [-0.25, -0.2) is 0 Å². The van der Waals surface area contributed by atoms with Crippen LogP contribution in [0, 0.1) is 0 Å². The van der Waals surface area contributed by atoms with Crippen molar-refractivity contribution in [1.29, 1.82) is 0 Å². The summed E-state index contributed by atoms with van der Waals surface area (Å²) in [5.74, 6) is 0.244. The second-order valence-corrected chi connectivity index (χ2v) is 9.44. The van der Waals surface area contributed by atoms with Gasteiger partial charge in [-0.1, -0.05) is 30.3 Å². The van der Waals surface area contributed by atoms with E-state index < -0.39 is 0 Å². The number of carbonyl (C=O) groups excluding carboxylic acids is 2. The first-order valence-electron chi connectivity index (χ1n) is 11.8. The predicted molar refractivity (Wildman–Crippen MR) is 122 cm³/mol. The van der Waals surface area contributed by atoms with Crippen molar-refractivity contribution in [2.24, 2.45) is 0 Å². The quantitative estimate of drug-likeness (QED) is 0.710. The number of nitrogens with one attached hydrogen (secondary N) is 2. The highest BCUT2D eigenvalue weighted by Gasteiger charge is 2.47. The number of hydrogen-bond acceptors (Lipinski definition) is 5. The standard InChI is InChI=1S/C24H37N5O2/c1-27-13-10-19(11-14-27)29-15-12-21-23(29)24(31)26-17-20(28(21)2)8-9-22(30)25-16-18-6-4-3-5-7-18/h3-7,19-21,23H,8-17H2,1-2H3,(H,25,30)(H,26,31)/t20-,21+,23-/m0/s1. The lowest BCUT2D eigenvalue weighted by Crippen LogP contribution is -2.54. The molecule has 0 unspecified atom stereocenters. The first-order chi connectivity index (χ1) is 15.0. The van der Waals surface area contributed by atoms with Crippen LogP contribution in [0.15, 0.2) is 30.3 Å². The average molecular weight is 428 g/mol.